The molecule has 0 bridgehead atoms. The van der Waals surface area contributed by atoms with E-state index >= 15 is 0 Å². The van der Waals surface area contributed by atoms with Crippen LogP contribution in [0.2, 0.25) is 0 Å². The molecule has 2 fully saturated rings. The molecular formula is C45H44N8O5. The summed E-state index contributed by atoms with van der Waals surface area (Å²) in [6.07, 6.45) is 6.78. The molecule has 3 atom stereocenters. The number of hydrogen-bond donors (Lipinski definition) is 4. The number of aromatic nitrogens is 4. The first kappa shape index (κ1) is 36.9. The van der Waals surface area contributed by atoms with Crippen molar-refractivity contribution in [3.63, 3.8) is 0 Å². The van der Waals surface area contributed by atoms with Crippen LogP contribution in [0.1, 0.15) is 72.3 Å². The summed E-state index contributed by atoms with van der Waals surface area (Å²) in [5.74, 6) is 1.23. The Labute approximate surface area is 335 Å². The van der Waals surface area contributed by atoms with Crippen molar-refractivity contribution in [2.75, 3.05) is 26.7 Å². The standard InChI is InChI=1S/C45H44N8O5/c1-58-45(57)51-40(27-7-3-2-4-8-27)44(56)53-20-6-9-37(53)42-47-24-36(49-42)33-14-13-29-21-28(11-12-30(29)23-33)31-15-17-34-32(22-31)16-18-35-41(34)50-43(48-35)38-10-5-19-52(38)39(55)25-46-26-54/h2-4,7-8,11-15,17,21-24,26,37-38,40H,5-6,9-10,16,18-20,25H2,1H3,(H,46,54)(H,47,49)(H,48,50)(H,51,57). The van der Waals surface area contributed by atoms with Gasteiger partial charge in [-0.25, -0.2) is 14.8 Å². The number of imidazole rings is 2. The number of alkyl carbamates (subject to hydrolysis) is 1. The number of aryl methyl sites for hydroxylation is 2. The Morgan fingerprint density at radius 2 is 1.55 bits per heavy atom. The number of carbonyl (C=O) groups excluding carboxylic acids is 4. The number of likely N-dealkylation sites (tertiary alicyclic amines) is 2. The molecule has 2 aromatic heterocycles. The van der Waals surface area contributed by atoms with E-state index in [4.69, 9.17) is 14.7 Å². The minimum atomic E-state index is -0.875. The van der Waals surface area contributed by atoms with Gasteiger partial charge in [-0.05, 0) is 83.7 Å². The Bertz CT molecular complexity index is 2530. The van der Waals surface area contributed by atoms with Crippen LogP contribution in [-0.2, 0) is 32.0 Å². The van der Waals surface area contributed by atoms with Crippen molar-refractivity contribution in [3.8, 4) is 33.6 Å². The number of aromatic amines is 2. The number of ether oxygens (including phenoxy) is 1. The van der Waals surface area contributed by atoms with E-state index in [0.717, 1.165) is 94.5 Å². The van der Waals surface area contributed by atoms with Crippen molar-refractivity contribution in [1.29, 1.82) is 0 Å². The molecule has 4 heterocycles. The van der Waals surface area contributed by atoms with Gasteiger partial charge in [-0.15, -0.1) is 0 Å². The third-order valence-electron chi connectivity index (χ3n) is 11.8. The van der Waals surface area contributed by atoms with Gasteiger partial charge in [0, 0.05) is 29.9 Å². The Morgan fingerprint density at radius 3 is 2.33 bits per heavy atom. The van der Waals surface area contributed by atoms with Gasteiger partial charge in [0.25, 0.3) is 5.91 Å². The van der Waals surface area contributed by atoms with Gasteiger partial charge in [0.2, 0.25) is 12.3 Å². The van der Waals surface area contributed by atoms with Crippen LogP contribution in [-0.4, -0.2) is 80.8 Å². The minimum Gasteiger partial charge on any atom is -0.453 e. The molecule has 4 N–H and O–H groups in total. The first-order valence-electron chi connectivity index (χ1n) is 19.9. The lowest BCUT2D eigenvalue weighted by atomic mass is 9.89. The Kier molecular flexibility index (Phi) is 9.94. The van der Waals surface area contributed by atoms with Crippen LogP contribution in [0.4, 0.5) is 4.79 Å². The number of carbonyl (C=O) groups is 4. The second kappa shape index (κ2) is 15.6. The van der Waals surface area contributed by atoms with Crippen LogP contribution in [0.25, 0.3) is 44.4 Å². The van der Waals surface area contributed by atoms with Gasteiger partial charge < -0.3 is 35.1 Å². The lowest BCUT2D eigenvalue weighted by molar-refractivity contribution is -0.134. The third-order valence-corrected chi connectivity index (χ3v) is 11.8. The summed E-state index contributed by atoms with van der Waals surface area (Å²) < 4.78 is 4.84. The highest BCUT2D eigenvalue weighted by molar-refractivity contribution is 5.91. The molecule has 9 rings (SSSR count). The summed E-state index contributed by atoms with van der Waals surface area (Å²) in [4.78, 5) is 70.2. The highest BCUT2D eigenvalue weighted by Crippen LogP contribution is 2.39. The van der Waals surface area contributed by atoms with E-state index in [2.05, 4.69) is 75.2 Å². The zero-order chi connectivity index (χ0) is 39.8. The molecule has 2 aliphatic heterocycles. The predicted octanol–water partition coefficient (Wildman–Crippen LogP) is 6.56. The average molecular weight is 777 g/mol. The third kappa shape index (κ3) is 6.97. The molecule has 13 heteroatoms. The summed E-state index contributed by atoms with van der Waals surface area (Å²) >= 11 is 0. The van der Waals surface area contributed by atoms with Gasteiger partial charge in [-0.2, -0.15) is 0 Å². The monoisotopic (exact) mass is 776 g/mol. The number of hydrogen-bond acceptors (Lipinski definition) is 7. The fourth-order valence-corrected chi connectivity index (χ4v) is 8.88. The van der Waals surface area contributed by atoms with Crippen LogP contribution in [0.15, 0.2) is 91.1 Å². The maximum absolute atomic E-state index is 13.9. The fraction of sp³-hybridized carbons (Fsp3) is 0.289. The first-order chi connectivity index (χ1) is 28.4. The minimum absolute atomic E-state index is 0.00586. The summed E-state index contributed by atoms with van der Waals surface area (Å²) in [6.45, 7) is 1.21. The SMILES string of the molecule is COC(=O)NC(C(=O)N1CCCC1c1ncc(-c2ccc3cc(-c4ccc5c(c4)CCc4[nH]c(C6CCCN6C(=O)CNC=O)nc4-5)ccc3c2)[nH]1)c1ccccc1. The molecule has 0 radical (unpaired) electrons. The fourth-order valence-electron chi connectivity index (χ4n) is 8.88. The van der Waals surface area contributed by atoms with E-state index in [1.807, 2.05) is 41.4 Å². The summed E-state index contributed by atoms with van der Waals surface area (Å²) in [5.41, 5.74) is 9.25. The number of rotatable bonds is 10. The number of amides is 4. The van der Waals surface area contributed by atoms with Crippen LogP contribution in [0.5, 0.6) is 0 Å². The van der Waals surface area contributed by atoms with Gasteiger partial charge in [-0.1, -0.05) is 72.8 Å². The van der Waals surface area contributed by atoms with Crippen LogP contribution in [0, 0.1) is 0 Å². The van der Waals surface area contributed by atoms with E-state index in [0.29, 0.717) is 30.9 Å². The zero-order valence-corrected chi connectivity index (χ0v) is 32.2. The summed E-state index contributed by atoms with van der Waals surface area (Å²) in [7, 11) is 1.29. The number of benzene rings is 4. The molecule has 2 saturated heterocycles. The Balaban J connectivity index is 0.915. The van der Waals surface area contributed by atoms with E-state index in [1.54, 1.807) is 4.90 Å². The number of methoxy groups -OCH3 is 1. The van der Waals surface area contributed by atoms with E-state index in [-0.39, 0.29) is 30.4 Å². The maximum Gasteiger partial charge on any atom is 0.407 e. The smallest absolute Gasteiger partial charge is 0.407 e. The molecule has 294 valence electrons. The predicted molar refractivity (Wildman–Crippen MR) is 218 cm³/mol. The molecule has 0 spiro atoms. The van der Waals surface area contributed by atoms with Crippen molar-refractivity contribution in [2.45, 2.75) is 56.7 Å². The van der Waals surface area contributed by atoms with Gasteiger partial charge in [0.1, 0.15) is 17.7 Å². The molecule has 3 unspecified atom stereocenters. The Hall–Kier alpha value is -6.76. The second-order valence-electron chi connectivity index (χ2n) is 15.2. The lowest BCUT2D eigenvalue weighted by Gasteiger charge is -2.28. The molecule has 58 heavy (non-hydrogen) atoms. The molecule has 6 aromatic rings. The van der Waals surface area contributed by atoms with Gasteiger partial charge in [-0.3, -0.25) is 14.4 Å². The molecular weight excluding hydrogens is 733 g/mol. The lowest BCUT2D eigenvalue weighted by Crippen LogP contribution is -2.42. The second-order valence-corrected chi connectivity index (χ2v) is 15.2. The zero-order valence-electron chi connectivity index (χ0n) is 32.2. The largest absolute Gasteiger partial charge is 0.453 e. The number of fused-ring (bicyclic) bond motifs is 4. The van der Waals surface area contributed by atoms with Crippen molar-refractivity contribution < 1.29 is 23.9 Å². The molecule has 4 amide bonds. The molecule has 3 aliphatic rings. The van der Waals surface area contributed by atoms with Crippen LogP contribution >= 0.6 is 0 Å². The first-order valence-corrected chi connectivity index (χ1v) is 19.9. The van der Waals surface area contributed by atoms with Crippen molar-refractivity contribution in [1.82, 2.24) is 40.4 Å². The maximum atomic E-state index is 13.9. The quantitative estimate of drug-likeness (QED) is 0.115. The summed E-state index contributed by atoms with van der Waals surface area (Å²) in [6, 6.07) is 27.5. The van der Waals surface area contributed by atoms with E-state index in [1.165, 1.54) is 12.7 Å². The molecule has 0 saturated carbocycles. The van der Waals surface area contributed by atoms with Gasteiger partial charge in [0.15, 0.2) is 0 Å². The molecule has 1 aliphatic carbocycles. The topological polar surface area (TPSA) is 165 Å². The summed E-state index contributed by atoms with van der Waals surface area (Å²) in [5, 5.41) is 7.44. The highest BCUT2D eigenvalue weighted by Gasteiger charge is 2.37. The normalized spacial score (nSPS) is 17.7. The number of H-pyrrole nitrogens is 2. The van der Waals surface area contributed by atoms with Crippen molar-refractivity contribution in [3.05, 3.63) is 120 Å². The number of nitrogens with one attached hydrogen (secondary N) is 4. The molecule has 13 nitrogen and oxygen atoms in total. The molecule has 4 aromatic carbocycles. The van der Waals surface area contributed by atoms with Gasteiger partial charge >= 0.3 is 6.09 Å². The average Bonchev–Trinajstić information content (AvgIpc) is 4.10. The van der Waals surface area contributed by atoms with Gasteiger partial charge in [0.05, 0.1) is 43.3 Å². The van der Waals surface area contributed by atoms with E-state index in [9.17, 15) is 19.2 Å². The number of nitrogens with zero attached hydrogens (tertiary/aromatic N) is 4. The Morgan fingerprint density at radius 1 is 0.845 bits per heavy atom. The van der Waals surface area contributed by atoms with Crippen LogP contribution in [0.3, 0.4) is 0 Å². The highest BCUT2D eigenvalue weighted by atomic mass is 16.5. The van der Waals surface area contributed by atoms with Crippen molar-refractivity contribution >= 4 is 35.1 Å². The van der Waals surface area contributed by atoms with Crippen molar-refractivity contribution in [2.24, 2.45) is 0 Å². The van der Waals surface area contributed by atoms with Crippen LogP contribution < -0.4 is 10.6 Å². The van der Waals surface area contributed by atoms with E-state index < -0.39 is 12.1 Å².